The SMILES string of the molecule is CCCCCCOc1ccc(N=Nc2ccc(N=Nc3ccc(N=Nc4ccc(OCCCCCC)cc4)cc3F)cc2)cc1. The summed E-state index contributed by atoms with van der Waals surface area (Å²) in [5, 5.41) is 25.1. The predicted molar refractivity (Wildman–Crippen MR) is 178 cm³/mol. The van der Waals surface area contributed by atoms with Gasteiger partial charge in [0.05, 0.1) is 41.7 Å². The van der Waals surface area contributed by atoms with Crippen molar-refractivity contribution < 1.29 is 13.9 Å². The van der Waals surface area contributed by atoms with Gasteiger partial charge in [0.2, 0.25) is 0 Å². The molecule has 0 N–H and O–H groups in total. The topological polar surface area (TPSA) is 92.6 Å². The highest BCUT2D eigenvalue weighted by Gasteiger charge is 2.04. The van der Waals surface area contributed by atoms with Crippen LogP contribution >= 0.6 is 0 Å². The van der Waals surface area contributed by atoms with Gasteiger partial charge in [0.15, 0.2) is 5.82 Å². The van der Waals surface area contributed by atoms with Crippen LogP contribution in [-0.4, -0.2) is 13.2 Å². The first kappa shape index (κ1) is 33.1. The second-order valence-electron chi connectivity index (χ2n) is 10.6. The number of rotatable bonds is 18. The quantitative estimate of drug-likeness (QED) is 0.0830. The van der Waals surface area contributed by atoms with E-state index in [0.717, 1.165) is 36.6 Å². The molecule has 0 aromatic heterocycles. The molecule has 0 amide bonds. The number of hydrogen-bond donors (Lipinski definition) is 0. The molecule has 45 heavy (non-hydrogen) atoms. The summed E-state index contributed by atoms with van der Waals surface area (Å²) in [7, 11) is 0. The van der Waals surface area contributed by atoms with Gasteiger partial charge in [-0.25, -0.2) is 4.39 Å². The Morgan fingerprint density at radius 1 is 0.444 bits per heavy atom. The molecule has 4 aromatic rings. The van der Waals surface area contributed by atoms with Crippen LogP contribution < -0.4 is 9.47 Å². The number of unbranched alkanes of at least 4 members (excludes halogenated alkanes) is 6. The van der Waals surface area contributed by atoms with E-state index in [1.54, 1.807) is 30.3 Å². The molecule has 0 saturated heterocycles. The summed E-state index contributed by atoms with van der Waals surface area (Å²) in [6.45, 7) is 5.81. The first-order valence-corrected chi connectivity index (χ1v) is 15.7. The van der Waals surface area contributed by atoms with Gasteiger partial charge < -0.3 is 9.47 Å². The van der Waals surface area contributed by atoms with Gasteiger partial charge in [0.25, 0.3) is 0 Å². The van der Waals surface area contributed by atoms with Crippen molar-refractivity contribution in [3.63, 3.8) is 0 Å². The van der Waals surface area contributed by atoms with E-state index in [1.165, 1.54) is 50.7 Å². The van der Waals surface area contributed by atoms with E-state index in [1.807, 2.05) is 48.5 Å². The minimum absolute atomic E-state index is 0.103. The fourth-order valence-corrected chi connectivity index (χ4v) is 4.22. The molecular weight excluding hydrogens is 567 g/mol. The normalized spacial score (nSPS) is 11.6. The van der Waals surface area contributed by atoms with Crippen LogP contribution in [0.2, 0.25) is 0 Å². The molecule has 0 atom stereocenters. The lowest BCUT2D eigenvalue weighted by Gasteiger charge is -2.05. The minimum Gasteiger partial charge on any atom is -0.494 e. The van der Waals surface area contributed by atoms with Crippen molar-refractivity contribution in [2.45, 2.75) is 65.2 Å². The van der Waals surface area contributed by atoms with Crippen LogP contribution in [0.1, 0.15) is 65.2 Å². The lowest BCUT2D eigenvalue weighted by atomic mass is 10.2. The van der Waals surface area contributed by atoms with Gasteiger partial charge in [-0.2, -0.15) is 25.6 Å². The molecule has 4 rings (SSSR count). The van der Waals surface area contributed by atoms with E-state index in [2.05, 4.69) is 44.5 Å². The third kappa shape index (κ3) is 12.0. The van der Waals surface area contributed by atoms with Gasteiger partial charge in [-0.05, 0) is 97.8 Å². The zero-order chi connectivity index (χ0) is 31.5. The summed E-state index contributed by atoms with van der Waals surface area (Å²) < 4.78 is 26.2. The minimum atomic E-state index is -0.541. The molecule has 0 aliphatic carbocycles. The molecule has 0 fully saturated rings. The molecule has 0 radical (unpaired) electrons. The Morgan fingerprint density at radius 2 is 0.822 bits per heavy atom. The predicted octanol–water partition coefficient (Wildman–Crippen LogP) is 13.0. The Labute approximate surface area is 265 Å². The number of hydrogen-bond acceptors (Lipinski definition) is 8. The van der Waals surface area contributed by atoms with Crippen LogP contribution in [0.4, 0.5) is 38.5 Å². The first-order valence-electron chi connectivity index (χ1n) is 15.7. The average Bonchev–Trinajstić information content (AvgIpc) is 3.07. The second kappa shape index (κ2) is 18.8. The van der Waals surface area contributed by atoms with E-state index in [-0.39, 0.29) is 5.69 Å². The number of ether oxygens (including phenoxy) is 2. The Morgan fingerprint density at radius 3 is 1.24 bits per heavy atom. The molecular formula is C36H41FN6O2. The first-order chi connectivity index (χ1) is 22.1. The fraction of sp³-hybridized carbons (Fsp3) is 0.333. The maximum absolute atomic E-state index is 14.7. The Balaban J connectivity index is 1.24. The Kier molecular flexibility index (Phi) is 13.8. The number of halogens is 1. The number of nitrogens with zero attached hydrogens (tertiary/aromatic N) is 6. The van der Waals surface area contributed by atoms with Gasteiger partial charge in [0, 0.05) is 6.07 Å². The monoisotopic (exact) mass is 608 g/mol. The third-order valence-corrected chi connectivity index (χ3v) is 6.82. The number of benzene rings is 4. The highest BCUT2D eigenvalue weighted by atomic mass is 19.1. The molecule has 8 nitrogen and oxygen atoms in total. The molecule has 0 aliphatic rings. The molecule has 0 unspecified atom stereocenters. The van der Waals surface area contributed by atoms with Crippen LogP contribution in [0.25, 0.3) is 0 Å². The van der Waals surface area contributed by atoms with Crippen LogP contribution in [0.3, 0.4) is 0 Å². The Bertz CT molecular complexity index is 1520. The van der Waals surface area contributed by atoms with Crippen molar-refractivity contribution in [3.8, 4) is 11.5 Å². The lowest BCUT2D eigenvalue weighted by molar-refractivity contribution is 0.305. The maximum Gasteiger partial charge on any atom is 0.152 e. The summed E-state index contributed by atoms with van der Waals surface area (Å²) in [6, 6.07) is 26.4. The van der Waals surface area contributed by atoms with Gasteiger partial charge in [0.1, 0.15) is 17.2 Å². The molecule has 0 bridgehead atoms. The van der Waals surface area contributed by atoms with Crippen LogP contribution in [0.5, 0.6) is 11.5 Å². The van der Waals surface area contributed by atoms with Crippen molar-refractivity contribution in [3.05, 3.63) is 96.8 Å². The van der Waals surface area contributed by atoms with Crippen molar-refractivity contribution in [2.75, 3.05) is 13.2 Å². The van der Waals surface area contributed by atoms with Gasteiger partial charge >= 0.3 is 0 Å². The largest absolute Gasteiger partial charge is 0.494 e. The third-order valence-electron chi connectivity index (χ3n) is 6.82. The summed E-state index contributed by atoms with van der Waals surface area (Å²) in [5.74, 6) is 1.08. The van der Waals surface area contributed by atoms with Crippen molar-refractivity contribution in [2.24, 2.45) is 30.7 Å². The molecule has 0 heterocycles. The maximum atomic E-state index is 14.7. The van der Waals surface area contributed by atoms with Gasteiger partial charge in [-0.1, -0.05) is 52.4 Å². The molecule has 0 saturated carbocycles. The number of azo groups is 3. The van der Waals surface area contributed by atoms with E-state index >= 15 is 0 Å². The van der Waals surface area contributed by atoms with E-state index in [4.69, 9.17) is 9.47 Å². The molecule has 0 spiro atoms. The van der Waals surface area contributed by atoms with Crippen molar-refractivity contribution in [1.82, 2.24) is 0 Å². The lowest BCUT2D eigenvalue weighted by Crippen LogP contribution is -1.96. The van der Waals surface area contributed by atoms with E-state index in [0.29, 0.717) is 29.4 Å². The summed E-state index contributed by atoms with van der Waals surface area (Å²) in [5.41, 5.74) is 3.08. The van der Waals surface area contributed by atoms with Crippen molar-refractivity contribution in [1.29, 1.82) is 0 Å². The Hall–Kier alpha value is -4.79. The van der Waals surface area contributed by atoms with Crippen LogP contribution in [0.15, 0.2) is 122 Å². The van der Waals surface area contributed by atoms with E-state index < -0.39 is 5.82 Å². The molecule has 0 aliphatic heterocycles. The zero-order valence-electron chi connectivity index (χ0n) is 26.1. The summed E-state index contributed by atoms with van der Waals surface area (Å²) in [6.07, 6.45) is 9.34. The highest BCUT2D eigenvalue weighted by molar-refractivity contribution is 5.51. The molecule has 4 aromatic carbocycles. The standard InChI is InChI=1S/C36H41FN6O2/c1-3-5-7-9-25-44-33-20-15-30(16-21-33)39-38-28-11-13-29(14-12-28)41-43-36-24-19-32(27-35(36)37)42-40-31-17-22-34(23-18-31)45-26-10-8-6-4-2/h11-24,27H,3-10,25-26H2,1-2H3. The highest BCUT2D eigenvalue weighted by Crippen LogP contribution is 2.28. The van der Waals surface area contributed by atoms with Crippen molar-refractivity contribution >= 4 is 34.1 Å². The average molecular weight is 609 g/mol. The molecule has 234 valence electrons. The molecule has 9 heteroatoms. The summed E-state index contributed by atoms with van der Waals surface area (Å²) in [4.78, 5) is 0. The van der Waals surface area contributed by atoms with Gasteiger partial charge in [-0.15, -0.1) is 5.11 Å². The van der Waals surface area contributed by atoms with Crippen LogP contribution in [0, 0.1) is 5.82 Å². The zero-order valence-corrected chi connectivity index (χ0v) is 26.1. The van der Waals surface area contributed by atoms with Crippen LogP contribution in [-0.2, 0) is 0 Å². The fourth-order valence-electron chi connectivity index (χ4n) is 4.22. The summed E-state index contributed by atoms with van der Waals surface area (Å²) >= 11 is 0. The second-order valence-corrected chi connectivity index (χ2v) is 10.6. The van der Waals surface area contributed by atoms with Gasteiger partial charge in [-0.3, -0.25) is 0 Å². The smallest absolute Gasteiger partial charge is 0.152 e. The van der Waals surface area contributed by atoms with E-state index in [9.17, 15) is 4.39 Å².